The van der Waals surface area contributed by atoms with Gasteiger partial charge in [0.05, 0.1) is 30.1 Å². The quantitative estimate of drug-likeness (QED) is 0.830. The first-order chi connectivity index (χ1) is 10.5. The summed E-state index contributed by atoms with van der Waals surface area (Å²) in [6.45, 7) is 5.42. The van der Waals surface area contributed by atoms with Gasteiger partial charge in [0.25, 0.3) is 5.91 Å². The number of rotatable bonds is 2. The molecule has 7 heteroatoms. The fourth-order valence-electron chi connectivity index (χ4n) is 2.90. The summed E-state index contributed by atoms with van der Waals surface area (Å²) in [5, 5.41) is 4.24. The van der Waals surface area contributed by atoms with Crippen LogP contribution in [0.25, 0.3) is 0 Å². The van der Waals surface area contributed by atoms with Crippen LogP contribution in [0, 0.1) is 13.8 Å². The van der Waals surface area contributed by atoms with Gasteiger partial charge in [-0.2, -0.15) is 5.10 Å². The van der Waals surface area contributed by atoms with E-state index < -0.39 is 0 Å². The first kappa shape index (κ1) is 14.8. The van der Waals surface area contributed by atoms with Crippen molar-refractivity contribution in [2.45, 2.75) is 20.0 Å². The molecule has 118 valence electrons. The highest BCUT2D eigenvalue weighted by Crippen LogP contribution is 2.23. The Labute approximate surface area is 129 Å². The van der Waals surface area contributed by atoms with Crippen molar-refractivity contribution in [3.8, 4) is 0 Å². The third-order valence-corrected chi connectivity index (χ3v) is 3.92. The molecule has 0 radical (unpaired) electrons. The van der Waals surface area contributed by atoms with Gasteiger partial charge in [-0.05, 0) is 13.8 Å². The predicted molar refractivity (Wildman–Crippen MR) is 80.5 cm³/mol. The van der Waals surface area contributed by atoms with Gasteiger partial charge in [-0.3, -0.25) is 9.48 Å². The van der Waals surface area contributed by atoms with E-state index in [0.717, 1.165) is 17.2 Å². The Balaban J connectivity index is 1.80. The summed E-state index contributed by atoms with van der Waals surface area (Å²) in [6.07, 6.45) is 3.55. The fourth-order valence-corrected chi connectivity index (χ4v) is 2.90. The van der Waals surface area contributed by atoms with Gasteiger partial charge in [-0.1, -0.05) is 0 Å². The van der Waals surface area contributed by atoms with E-state index in [1.807, 2.05) is 43.6 Å². The maximum atomic E-state index is 12.7. The number of nitrogens with zero attached hydrogens (tertiary/aromatic N) is 5. The molecule has 22 heavy (non-hydrogen) atoms. The Bertz CT molecular complexity index is 703. The highest BCUT2D eigenvalue weighted by atomic mass is 16.5. The van der Waals surface area contributed by atoms with E-state index in [2.05, 4.69) is 10.1 Å². The highest BCUT2D eigenvalue weighted by molar-refractivity contribution is 5.95. The molecule has 0 saturated carbocycles. The van der Waals surface area contributed by atoms with E-state index in [-0.39, 0.29) is 12.0 Å². The van der Waals surface area contributed by atoms with E-state index >= 15 is 0 Å². The maximum Gasteiger partial charge on any atom is 0.257 e. The molecule has 0 aliphatic carbocycles. The number of imidazole rings is 1. The predicted octanol–water partition coefficient (Wildman–Crippen LogP) is 0.984. The molecule has 1 atom stereocenters. The average Bonchev–Trinajstić information content (AvgIpc) is 2.99. The lowest BCUT2D eigenvalue weighted by atomic mass is 10.2. The Morgan fingerprint density at radius 1 is 1.32 bits per heavy atom. The van der Waals surface area contributed by atoms with Crippen molar-refractivity contribution in [1.29, 1.82) is 0 Å². The Morgan fingerprint density at radius 3 is 2.68 bits per heavy atom. The van der Waals surface area contributed by atoms with Gasteiger partial charge in [-0.25, -0.2) is 4.98 Å². The Hall–Kier alpha value is -2.15. The van der Waals surface area contributed by atoms with Crippen LogP contribution in [0.4, 0.5) is 0 Å². The summed E-state index contributed by atoms with van der Waals surface area (Å²) in [4.78, 5) is 19.0. The number of aryl methyl sites for hydroxylation is 4. The van der Waals surface area contributed by atoms with Crippen molar-refractivity contribution in [3.63, 3.8) is 0 Å². The number of hydrogen-bond acceptors (Lipinski definition) is 4. The molecular formula is C15H21N5O2. The summed E-state index contributed by atoms with van der Waals surface area (Å²) in [6, 6.07) is 0. The normalized spacial score (nSPS) is 18.7. The SMILES string of the molecule is Cc1cn(C)c(C2CN(C(=O)c3cn(C)nc3C)CCO2)n1. The van der Waals surface area contributed by atoms with Crippen molar-refractivity contribution in [2.75, 3.05) is 19.7 Å². The van der Waals surface area contributed by atoms with Crippen LogP contribution >= 0.6 is 0 Å². The summed E-state index contributed by atoms with van der Waals surface area (Å²) >= 11 is 0. The summed E-state index contributed by atoms with van der Waals surface area (Å²) in [5.74, 6) is 0.864. The standard InChI is InChI=1S/C15H21N5O2/c1-10-7-18(3)14(16-10)13-9-20(5-6-22-13)15(21)12-8-19(4)17-11(12)2/h7-8,13H,5-6,9H2,1-4H3. The van der Waals surface area contributed by atoms with Crippen molar-refractivity contribution < 1.29 is 9.53 Å². The molecule has 0 N–H and O–H groups in total. The second-order valence-electron chi connectivity index (χ2n) is 5.76. The van der Waals surface area contributed by atoms with Crippen LogP contribution in [0.2, 0.25) is 0 Å². The van der Waals surface area contributed by atoms with Gasteiger partial charge >= 0.3 is 0 Å². The average molecular weight is 303 g/mol. The van der Waals surface area contributed by atoms with Crippen molar-refractivity contribution in [2.24, 2.45) is 14.1 Å². The molecule has 1 aliphatic rings. The molecule has 7 nitrogen and oxygen atoms in total. The second-order valence-corrected chi connectivity index (χ2v) is 5.76. The molecule has 1 saturated heterocycles. The van der Waals surface area contributed by atoms with Gasteiger partial charge in [0.15, 0.2) is 0 Å². The molecule has 1 unspecified atom stereocenters. The van der Waals surface area contributed by atoms with Gasteiger partial charge in [0.1, 0.15) is 11.9 Å². The summed E-state index contributed by atoms with van der Waals surface area (Å²) in [7, 11) is 3.77. The van der Waals surface area contributed by atoms with Crippen LogP contribution in [-0.4, -0.2) is 49.8 Å². The zero-order valence-corrected chi connectivity index (χ0v) is 13.4. The van der Waals surface area contributed by atoms with Crippen LogP contribution in [0.1, 0.15) is 33.7 Å². The number of carbonyl (C=O) groups excluding carboxylic acids is 1. The minimum atomic E-state index is -0.187. The lowest BCUT2D eigenvalue weighted by Crippen LogP contribution is -2.43. The van der Waals surface area contributed by atoms with Crippen LogP contribution in [-0.2, 0) is 18.8 Å². The number of carbonyl (C=O) groups is 1. The van der Waals surface area contributed by atoms with E-state index in [1.54, 1.807) is 10.9 Å². The monoisotopic (exact) mass is 303 g/mol. The van der Waals surface area contributed by atoms with E-state index in [1.165, 1.54) is 0 Å². The lowest BCUT2D eigenvalue weighted by Gasteiger charge is -2.32. The molecule has 2 aromatic rings. The molecule has 0 aromatic carbocycles. The molecule has 0 spiro atoms. The van der Waals surface area contributed by atoms with Crippen molar-refractivity contribution in [3.05, 3.63) is 35.2 Å². The van der Waals surface area contributed by atoms with Crippen LogP contribution in [0.5, 0.6) is 0 Å². The number of ether oxygens (including phenoxy) is 1. The highest BCUT2D eigenvalue weighted by Gasteiger charge is 2.29. The molecule has 1 aliphatic heterocycles. The lowest BCUT2D eigenvalue weighted by molar-refractivity contribution is -0.0279. The first-order valence-electron chi connectivity index (χ1n) is 7.36. The number of aromatic nitrogens is 4. The van der Waals surface area contributed by atoms with E-state index in [9.17, 15) is 4.79 Å². The molecule has 3 heterocycles. The van der Waals surface area contributed by atoms with Crippen molar-refractivity contribution in [1.82, 2.24) is 24.2 Å². The van der Waals surface area contributed by atoms with E-state index in [0.29, 0.717) is 25.3 Å². The van der Waals surface area contributed by atoms with Crippen LogP contribution < -0.4 is 0 Å². The number of hydrogen-bond donors (Lipinski definition) is 0. The summed E-state index contributed by atoms with van der Waals surface area (Å²) < 4.78 is 9.44. The zero-order valence-electron chi connectivity index (χ0n) is 13.4. The third-order valence-electron chi connectivity index (χ3n) is 3.92. The van der Waals surface area contributed by atoms with Gasteiger partial charge in [0, 0.05) is 33.0 Å². The number of amides is 1. The van der Waals surface area contributed by atoms with E-state index in [4.69, 9.17) is 4.74 Å². The topological polar surface area (TPSA) is 65.2 Å². The van der Waals surface area contributed by atoms with Gasteiger partial charge in [0.2, 0.25) is 0 Å². The van der Waals surface area contributed by atoms with Crippen LogP contribution in [0.3, 0.4) is 0 Å². The molecule has 0 bridgehead atoms. The summed E-state index contributed by atoms with van der Waals surface area (Å²) in [5.41, 5.74) is 2.36. The molecule has 3 rings (SSSR count). The number of morpholine rings is 1. The van der Waals surface area contributed by atoms with Crippen LogP contribution in [0.15, 0.2) is 12.4 Å². The van der Waals surface area contributed by atoms with Crippen molar-refractivity contribution >= 4 is 5.91 Å². The molecular weight excluding hydrogens is 282 g/mol. The fraction of sp³-hybridized carbons (Fsp3) is 0.533. The minimum absolute atomic E-state index is 0.00447. The third kappa shape index (κ3) is 2.64. The second kappa shape index (κ2) is 5.57. The molecule has 2 aromatic heterocycles. The zero-order chi connectivity index (χ0) is 15.9. The molecule has 1 fully saturated rings. The minimum Gasteiger partial charge on any atom is -0.367 e. The van der Waals surface area contributed by atoms with Gasteiger partial charge in [-0.15, -0.1) is 0 Å². The Kier molecular flexibility index (Phi) is 3.74. The molecule has 1 amide bonds. The maximum absolute atomic E-state index is 12.7. The van der Waals surface area contributed by atoms with Gasteiger partial charge < -0.3 is 14.2 Å². The smallest absolute Gasteiger partial charge is 0.257 e. The largest absolute Gasteiger partial charge is 0.367 e. The first-order valence-corrected chi connectivity index (χ1v) is 7.36. The Morgan fingerprint density at radius 2 is 2.09 bits per heavy atom.